The third kappa shape index (κ3) is 3.86. The van der Waals surface area contributed by atoms with Gasteiger partial charge in [-0.2, -0.15) is 13.2 Å². The van der Waals surface area contributed by atoms with E-state index in [0.717, 1.165) is 0 Å². The second-order valence-electron chi connectivity index (χ2n) is 6.20. The van der Waals surface area contributed by atoms with Gasteiger partial charge >= 0.3 is 6.18 Å². The molecule has 0 bridgehead atoms. The highest BCUT2D eigenvalue weighted by Crippen LogP contribution is 2.31. The van der Waals surface area contributed by atoms with Gasteiger partial charge in [0.15, 0.2) is 0 Å². The van der Waals surface area contributed by atoms with Crippen LogP contribution in [0.15, 0.2) is 0 Å². The number of nitrogens with one attached hydrogen (secondary N) is 1. The van der Waals surface area contributed by atoms with Gasteiger partial charge in [-0.1, -0.05) is 34.1 Å². The minimum Gasteiger partial charge on any atom is -0.342 e. The van der Waals surface area contributed by atoms with Crippen molar-refractivity contribution in [3.63, 3.8) is 0 Å². The third-order valence-corrected chi connectivity index (χ3v) is 3.20. The van der Waals surface area contributed by atoms with Crippen LogP contribution in [0.4, 0.5) is 13.2 Å². The van der Waals surface area contributed by atoms with Gasteiger partial charge in [-0.05, 0) is 11.8 Å². The van der Waals surface area contributed by atoms with Crippen molar-refractivity contribution in [3.05, 3.63) is 0 Å². The zero-order chi connectivity index (χ0) is 15.7. The number of carbonyl (C=O) groups is 2. The van der Waals surface area contributed by atoms with Crippen LogP contribution in [0.3, 0.4) is 0 Å². The topological polar surface area (TPSA) is 49.4 Å². The van der Waals surface area contributed by atoms with E-state index in [0.29, 0.717) is 17.7 Å². The van der Waals surface area contributed by atoms with E-state index in [1.54, 1.807) is 20.8 Å². The molecular weight excluding hydrogens is 273 g/mol. The lowest BCUT2D eigenvalue weighted by Crippen LogP contribution is -2.67. The highest BCUT2D eigenvalue weighted by atomic mass is 19.4. The SMILES string of the molecule is CCCC1NC(=O)C(C(C)(C)C)N(CC(F)(F)F)C1=O. The Kier molecular flexibility index (Phi) is 4.71. The molecule has 7 heteroatoms. The van der Waals surface area contributed by atoms with Gasteiger partial charge in [0, 0.05) is 0 Å². The Labute approximate surface area is 116 Å². The summed E-state index contributed by atoms with van der Waals surface area (Å²) in [6, 6.07) is -1.96. The highest BCUT2D eigenvalue weighted by molar-refractivity contribution is 5.97. The van der Waals surface area contributed by atoms with Crippen LogP contribution in [0.1, 0.15) is 40.5 Å². The highest BCUT2D eigenvalue weighted by Gasteiger charge is 2.49. The normalized spacial score (nSPS) is 24.9. The predicted octanol–water partition coefficient (Wildman–Crippen LogP) is 2.09. The van der Waals surface area contributed by atoms with Crippen molar-refractivity contribution in [2.75, 3.05) is 6.54 Å². The third-order valence-electron chi connectivity index (χ3n) is 3.20. The van der Waals surface area contributed by atoms with Gasteiger partial charge in [0.1, 0.15) is 18.6 Å². The Morgan fingerprint density at radius 1 is 1.20 bits per heavy atom. The second-order valence-corrected chi connectivity index (χ2v) is 6.20. The molecule has 1 N–H and O–H groups in total. The van der Waals surface area contributed by atoms with Crippen LogP contribution in [0.2, 0.25) is 0 Å². The smallest absolute Gasteiger partial charge is 0.342 e. The molecule has 0 aromatic heterocycles. The molecule has 0 radical (unpaired) electrons. The van der Waals surface area contributed by atoms with Gasteiger partial charge in [0.2, 0.25) is 11.8 Å². The van der Waals surface area contributed by atoms with Crippen molar-refractivity contribution in [3.8, 4) is 0 Å². The fraction of sp³-hybridized carbons (Fsp3) is 0.846. The first-order valence-electron chi connectivity index (χ1n) is 6.65. The Hall–Kier alpha value is -1.27. The van der Waals surface area contributed by atoms with Gasteiger partial charge in [-0.15, -0.1) is 0 Å². The molecule has 1 aliphatic heterocycles. The van der Waals surface area contributed by atoms with E-state index < -0.39 is 42.0 Å². The summed E-state index contributed by atoms with van der Waals surface area (Å²) in [6.45, 7) is 5.36. The number of nitrogens with zero attached hydrogens (tertiary/aromatic N) is 1. The number of halogens is 3. The molecule has 1 rings (SSSR count). The van der Waals surface area contributed by atoms with E-state index in [4.69, 9.17) is 0 Å². The minimum absolute atomic E-state index is 0.343. The van der Waals surface area contributed by atoms with Gasteiger partial charge < -0.3 is 10.2 Å². The van der Waals surface area contributed by atoms with Crippen LogP contribution >= 0.6 is 0 Å². The van der Waals surface area contributed by atoms with Crippen LogP contribution in [0.5, 0.6) is 0 Å². The second kappa shape index (κ2) is 5.61. The quantitative estimate of drug-likeness (QED) is 0.866. The predicted molar refractivity (Wildman–Crippen MR) is 67.8 cm³/mol. The molecule has 1 heterocycles. The molecule has 0 aromatic carbocycles. The monoisotopic (exact) mass is 294 g/mol. The summed E-state index contributed by atoms with van der Waals surface area (Å²) in [4.78, 5) is 25.0. The van der Waals surface area contributed by atoms with Crippen LogP contribution in [0.25, 0.3) is 0 Å². The minimum atomic E-state index is -4.52. The van der Waals surface area contributed by atoms with Crippen molar-refractivity contribution in [2.24, 2.45) is 5.41 Å². The first kappa shape index (κ1) is 16.8. The Bertz CT molecular complexity index is 388. The summed E-state index contributed by atoms with van der Waals surface area (Å²) >= 11 is 0. The summed E-state index contributed by atoms with van der Waals surface area (Å²) in [7, 11) is 0. The van der Waals surface area contributed by atoms with Crippen molar-refractivity contribution in [1.82, 2.24) is 10.2 Å². The number of amides is 2. The van der Waals surface area contributed by atoms with E-state index in [-0.39, 0.29) is 0 Å². The summed E-state index contributed by atoms with van der Waals surface area (Å²) in [5, 5.41) is 2.54. The molecule has 20 heavy (non-hydrogen) atoms. The van der Waals surface area contributed by atoms with E-state index >= 15 is 0 Å². The first-order chi connectivity index (χ1) is 8.97. The number of alkyl halides is 3. The largest absolute Gasteiger partial charge is 0.406 e. The van der Waals surface area contributed by atoms with Gasteiger partial charge in [-0.3, -0.25) is 9.59 Å². The summed E-state index contributed by atoms with van der Waals surface area (Å²) in [5.74, 6) is -1.16. The fourth-order valence-electron chi connectivity index (χ4n) is 2.49. The zero-order valence-electron chi connectivity index (χ0n) is 12.2. The standard InChI is InChI=1S/C13H21F3N2O2/c1-5-6-8-11(20)18(7-13(14,15)16)9(10(19)17-8)12(2,3)4/h8-9H,5-7H2,1-4H3,(H,17,19). The average Bonchev–Trinajstić information content (AvgIpc) is 2.21. The number of carbonyl (C=O) groups excluding carboxylic acids is 2. The van der Waals surface area contributed by atoms with Crippen LogP contribution < -0.4 is 5.32 Å². The Morgan fingerprint density at radius 2 is 1.75 bits per heavy atom. The molecule has 1 fully saturated rings. The number of hydrogen-bond acceptors (Lipinski definition) is 2. The molecule has 1 aliphatic rings. The molecule has 1 saturated heterocycles. The maximum absolute atomic E-state index is 12.7. The molecule has 0 spiro atoms. The molecule has 2 atom stereocenters. The number of piperazine rings is 1. The maximum Gasteiger partial charge on any atom is 0.406 e. The average molecular weight is 294 g/mol. The van der Waals surface area contributed by atoms with Crippen molar-refractivity contribution < 1.29 is 22.8 Å². The van der Waals surface area contributed by atoms with Crippen molar-refractivity contribution >= 4 is 11.8 Å². The van der Waals surface area contributed by atoms with Gasteiger partial charge in [0.25, 0.3) is 0 Å². The van der Waals surface area contributed by atoms with E-state index in [9.17, 15) is 22.8 Å². The van der Waals surface area contributed by atoms with Crippen LogP contribution in [-0.2, 0) is 9.59 Å². The lowest BCUT2D eigenvalue weighted by Gasteiger charge is -2.44. The van der Waals surface area contributed by atoms with Crippen LogP contribution in [-0.4, -0.2) is 41.5 Å². The van der Waals surface area contributed by atoms with Crippen molar-refractivity contribution in [1.29, 1.82) is 0 Å². The molecule has 4 nitrogen and oxygen atoms in total. The Morgan fingerprint density at radius 3 is 2.15 bits per heavy atom. The van der Waals surface area contributed by atoms with Crippen LogP contribution in [0, 0.1) is 5.41 Å². The van der Waals surface area contributed by atoms with Gasteiger partial charge in [-0.25, -0.2) is 0 Å². The lowest BCUT2D eigenvalue weighted by atomic mass is 9.82. The van der Waals surface area contributed by atoms with Gasteiger partial charge in [0.05, 0.1) is 0 Å². The summed E-state index contributed by atoms with van der Waals surface area (Å²) in [6.07, 6.45) is -3.57. The molecule has 0 saturated carbocycles. The van der Waals surface area contributed by atoms with Crippen molar-refractivity contribution in [2.45, 2.75) is 58.8 Å². The molecular formula is C13H21F3N2O2. The van der Waals surface area contributed by atoms with E-state index in [1.807, 2.05) is 6.92 Å². The molecule has 2 amide bonds. The first-order valence-corrected chi connectivity index (χ1v) is 6.65. The summed E-state index contributed by atoms with van der Waals surface area (Å²) < 4.78 is 38.1. The molecule has 116 valence electrons. The lowest BCUT2D eigenvalue weighted by molar-refractivity contribution is -0.179. The Balaban J connectivity index is 3.10. The number of rotatable bonds is 3. The van der Waals surface area contributed by atoms with E-state index in [1.165, 1.54) is 0 Å². The summed E-state index contributed by atoms with van der Waals surface area (Å²) in [5.41, 5.74) is -0.762. The van der Waals surface area contributed by atoms with E-state index in [2.05, 4.69) is 5.32 Å². The molecule has 2 unspecified atom stereocenters. The molecule has 0 aliphatic carbocycles. The zero-order valence-corrected chi connectivity index (χ0v) is 12.2. The number of hydrogen-bond donors (Lipinski definition) is 1. The molecule has 0 aromatic rings. The maximum atomic E-state index is 12.7. The fourth-order valence-corrected chi connectivity index (χ4v) is 2.49.